The molecule has 12 aromatic rings. The lowest BCUT2D eigenvalue weighted by Gasteiger charge is -2.09. The molecule has 0 amide bonds. The van der Waals surface area contributed by atoms with Gasteiger partial charge < -0.3 is 15.0 Å². The van der Waals surface area contributed by atoms with Crippen molar-refractivity contribution < 1.29 is 38.4 Å². The van der Waals surface area contributed by atoms with Crippen molar-refractivity contribution in [3.05, 3.63) is 249 Å². The Hall–Kier alpha value is -9.10. The average Bonchev–Trinajstić information content (AvgIpc) is 2.64. The number of imidazole rings is 3. The fraction of sp³-hybridized carbons (Fsp3) is 0.0156. The number of alkyl halides is 3. The maximum Gasteiger partial charge on any atom is 0.416 e. The van der Waals surface area contributed by atoms with Gasteiger partial charge in [0.2, 0.25) is 30.1 Å². The number of aromatic nitrogens is 6. The zero-order valence-electron chi connectivity index (χ0n) is 45.2. The van der Waals surface area contributed by atoms with Crippen molar-refractivity contribution in [3.63, 3.8) is 0 Å². The molecule has 0 saturated carbocycles. The molecule has 12 rings (SSSR count). The summed E-state index contributed by atoms with van der Waals surface area (Å²) in [5.41, 5.74) is 9.28. The monoisotopic (exact) mass is 1310 g/mol. The van der Waals surface area contributed by atoms with Crippen LogP contribution in [-0.4, -0.2) is 55.2 Å². The topological polar surface area (TPSA) is 267 Å². The van der Waals surface area contributed by atoms with Crippen LogP contribution < -0.4 is 15.4 Å². The minimum Gasteiger partial charge on any atom is -0.338 e. The SMILES string of the molecule is NS(=O)(=O)c1ccccc1-c1ccc2nc(/C=C/c3ccc(Br)cc3)[nH]c2c1.NS(=O)(=O)c1ccccc1-c1ccc2nc(/C=C/c3ccccc3C(F)(F)F)[nH]c2c1.NS(=O)(=O)c1ccccc1-c1ccc2nc(/C=C/c3ccccc3Cl)[nH]c2c1. The second-order valence-electron chi connectivity index (χ2n) is 19.3. The number of H-pyrrole nitrogens is 3. The van der Waals surface area contributed by atoms with Gasteiger partial charge in [0.25, 0.3) is 0 Å². The predicted molar refractivity (Wildman–Crippen MR) is 343 cm³/mol. The maximum atomic E-state index is 13.2. The fourth-order valence-electron chi connectivity index (χ4n) is 9.28. The van der Waals surface area contributed by atoms with Gasteiger partial charge in [-0.1, -0.05) is 161 Å². The average molecular weight is 1310 g/mol. The molecule has 9 aromatic carbocycles. The molecule has 0 spiro atoms. The molecule has 3 heterocycles. The van der Waals surface area contributed by atoms with Crippen LogP contribution in [-0.2, 0) is 36.2 Å². The first-order valence-electron chi connectivity index (χ1n) is 26.0. The maximum absolute atomic E-state index is 13.2. The molecular weight excluding hydrogens is 1260 g/mol. The summed E-state index contributed by atoms with van der Waals surface area (Å²) in [6, 6.07) is 56.7. The summed E-state index contributed by atoms with van der Waals surface area (Å²) in [7, 11) is -11.5. The van der Waals surface area contributed by atoms with Crippen LogP contribution in [0, 0.1) is 0 Å². The van der Waals surface area contributed by atoms with Gasteiger partial charge in [-0.3, -0.25) is 0 Å². The van der Waals surface area contributed by atoms with Crippen LogP contribution in [0.25, 0.3) is 103 Å². The van der Waals surface area contributed by atoms with Crippen molar-refractivity contribution in [2.24, 2.45) is 15.4 Å². The highest BCUT2D eigenvalue weighted by molar-refractivity contribution is 9.10. The molecule has 0 radical (unpaired) electrons. The number of sulfonamides is 3. The van der Waals surface area contributed by atoms with Gasteiger partial charge in [0.15, 0.2) is 0 Å². The van der Waals surface area contributed by atoms with Crippen molar-refractivity contribution >= 4 is 127 Å². The zero-order chi connectivity index (χ0) is 61.7. The van der Waals surface area contributed by atoms with E-state index in [4.69, 9.17) is 27.0 Å². The lowest BCUT2D eigenvalue weighted by molar-refractivity contribution is -0.137. The molecule has 438 valence electrons. The van der Waals surface area contributed by atoms with E-state index in [1.54, 1.807) is 72.8 Å². The molecular formula is C64H48BrClF3N9O6S3. The van der Waals surface area contributed by atoms with Gasteiger partial charge in [0, 0.05) is 26.2 Å². The highest BCUT2D eigenvalue weighted by Crippen LogP contribution is 2.35. The summed E-state index contributed by atoms with van der Waals surface area (Å²) in [5, 5.41) is 16.7. The zero-order valence-corrected chi connectivity index (χ0v) is 49.9. The standard InChI is InChI=1S/C22H16F3N3O2S.C21H16BrN3O2S.C21H16ClN3O2S/c23-22(24,25)17-7-3-1-5-14(17)10-12-21-27-18-11-9-15(13-19(18)28-21)16-6-2-4-8-20(16)31(26,29)30;22-16-9-5-14(6-10-16)7-12-21-24-18-11-8-15(13-19(18)25-21)17-3-1-2-4-20(17)28(23,26)27;22-17-7-3-1-5-14(17)10-12-21-24-18-11-9-15(13-19(18)25-21)16-6-2-4-8-20(16)28(23,26)27/h1-13H,(H,27,28)(H2,26,29,30);2*1-13H,(H,24,25)(H2,23,26,27)/b12-10+;12-7+;12-10+. The van der Waals surface area contributed by atoms with Crippen LogP contribution >= 0.6 is 27.5 Å². The third kappa shape index (κ3) is 14.9. The number of benzene rings is 9. The van der Waals surface area contributed by atoms with E-state index in [-0.39, 0.29) is 20.2 Å². The van der Waals surface area contributed by atoms with Gasteiger partial charge >= 0.3 is 6.18 Å². The van der Waals surface area contributed by atoms with Gasteiger partial charge in [0.1, 0.15) is 17.5 Å². The number of nitrogens with zero attached hydrogens (tertiary/aromatic N) is 3. The summed E-state index contributed by atoms with van der Waals surface area (Å²) < 4.78 is 112. The minimum absolute atomic E-state index is 0.00209. The van der Waals surface area contributed by atoms with Crippen LogP contribution in [0.1, 0.15) is 39.7 Å². The fourth-order valence-corrected chi connectivity index (χ4v) is 12.0. The molecule has 0 fully saturated rings. The van der Waals surface area contributed by atoms with Gasteiger partial charge in [-0.15, -0.1) is 0 Å². The molecule has 3 aromatic heterocycles. The van der Waals surface area contributed by atoms with Gasteiger partial charge in [-0.05, 0) is 137 Å². The van der Waals surface area contributed by atoms with Crippen molar-refractivity contribution in [1.29, 1.82) is 0 Å². The predicted octanol–water partition coefficient (Wildman–Crippen LogP) is 14.6. The largest absolute Gasteiger partial charge is 0.416 e. The van der Waals surface area contributed by atoms with Crippen molar-refractivity contribution in [1.82, 2.24) is 29.9 Å². The first-order chi connectivity index (χ1) is 41.4. The Labute approximate surface area is 511 Å². The van der Waals surface area contributed by atoms with Crippen LogP contribution in [0.2, 0.25) is 5.02 Å². The number of fused-ring (bicyclic) bond motifs is 3. The van der Waals surface area contributed by atoms with E-state index in [1.807, 2.05) is 109 Å². The van der Waals surface area contributed by atoms with Crippen LogP contribution in [0.4, 0.5) is 13.2 Å². The first kappa shape index (κ1) is 61.0. The Kier molecular flexibility index (Phi) is 17.9. The van der Waals surface area contributed by atoms with Crippen molar-refractivity contribution in [2.75, 3.05) is 0 Å². The molecule has 0 bridgehead atoms. The Morgan fingerprint density at radius 1 is 0.414 bits per heavy atom. The molecule has 0 aliphatic heterocycles. The summed E-state index contributed by atoms with van der Waals surface area (Å²) in [6.45, 7) is 0. The molecule has 15 nitrogen and oxygen atoms in total. The molecule has 0 atom stereocenters. The van der Waals surface area contributed by atoms with E-state index in [2.05, 4.69) is 45.8 Å². The number of nitrogens with one attached hydrogen (secondary N) is 3. The number of halogens is 5. The number of hydrogen-bond donors (Lipinski definition) is 6. The summed E-state index contributed by atoms with van der Waals surface area (Å²) in [5.74, 6) is 1.76. The Bertz CT molecular complexity index is 5010. The quantitative estimate of drug-likeness (QED) is 0.0678. The number of hydrogen-bond acceptors (Lipinski definition) is 9. The number of aromatic amines is 3. The van der Waals surface area contributed by atoms with Crippen molar-refractivity contribution in [2.45, 2.75) is 20.9 Å². The number of rotatable bonds is 12. The van der Waals surface area contributed by atoms with Crippen LogP contribution in [0.3, 0.4) is 0 Å². The number of nitrogens with two attached hydrogens (primary N) is 3. The highest BCUT2D eigenvalue weighted by atomic mass is 79.9. The summed E-state index contributed by atoms with van der Waals surface area (Å²) in [4.78, 5) is 23.2. The smallest absolute Gasteiger partial charge is 0.338 e. The third-order valence-electron chi connectivity index (χ3n) is 13.3. The van der Waals surface area contributed by atoms with Crippen LogP contribution in [0.15, 0.2) is 219 Å². The second-order valence-corrected chi connectivity index (χ2v) is 25.3. The molecule has 23 heteroatoms. The molecule has 87 heavy (non-hydrogen) atoms. The molecule has 0 saturated heterocycles. The van der Waals surface area contributed by atoms with Gasteiger partial charge in [-0.25, -0.2) is 55.6 Å². The Morgan fingerprint density at radius 3 is 1.15 bits per heavy atom. The van der Waals surface area contributed by atoms with E-state index in [1.165, 1.54) is 48.6 Å². The van der Waals surface area contributed by atoms with Crippen LogP contribution in [0.5, 0.6) is 0 Å². The van der Waals surface area contributed by atoms with E-state index in [0.29, 0.717) is 50.0 Å². The molecule has 0 unspecified atom stereocenters. The summed E-state index contributed by atoms with van der Waals surface area (Å²) in [6.07, 6.45) is 5.96. The van der Waals surface area contributed by atoms with E-state index in [0.717, 1.165) is 60.7 Å². The lowest BCUT2D eigenvalue weighted by Crippen LogP contribution is -2.13. The lowest BCUT2D eigenvalue weighted by atomic mass is 10.1. The second kappa shape index (κ2) is 25.5. The van der Waals surface area contributed by atoms with E-state index < -0.39 is 41.8 Å². The highest BCUT2D eigenvalue weighted by Gasteiger charge is 2.32. The Morgan fingerprint density at radius 2 is 0.759 bits per heavy atom. The number of primary sulfonamides is 3. The summed E-state index contributed by atoms with van der Waals surface area (Å²) >= 11 is 9.59. The molecule has 0 aliphatic carbocycles. The van der Waals surface area contributed by atoms with Gasteiger partial charge in [0.05, 0.1) is 53.4 Å². The molecule has 0 aliphatic rings. The van der Waals surface area contributed by atoms with Gasteiger partial charge in [-0.2, -0.15) is 13.2 Å². The Balaban J connectivity index is 0.000000145. The molecule has 9 N–H and O–H groups in total. The third-order valence-corrected chi connectivity index (χ3v) is 17.1. The van der Waals surface area contributed by atoms with Crippen molar-refractivity contribution in [3.8, 4) is 33.4 Å². The van der Waals surface area contributed by atoms with E-state index in [9.17, 15) is 38.4 Å². The van der Waals surface area contributed by atoms with E-state index >= 15 is 0 Å². The normalized spacial score (nSPS) is 12.3. The minimum atomic E-state index is -4.46. The first-order valence-corrected chi connectivity index (χ1v) is 31.8.